The van der Waals surface area contributed by atoms with Gasteiger partial charge in [0.15, 0.2) is 0 Å². The van der Waals surface area contributed by atoms with Gasteiger partial charge in [-0.3, -0.25) is 30.2 Å². The number of carboxylic acid groups (broad SMARTS) is 1. The maximum absolute atomic E-state index is 12.3. The molecule has 0 aromatic carbocycles. The molecule has 4 atom stereocenters. The molecule has 22 heavy (non-hydrogen) atoms. The number of hydrogen-bond donors (Lipinski definition) is 3. The summed E-state index contributed by atoms with van der Waals surface area (Å²) >= 11 is 0. The molecule has 3 N–H and O–H groups in total. The maximum Gasteiger partial charge on any atom is 0.307 e. The lowest BCUT2D eigenvalue weighted by molar-refractivity contribution is -0.148. The molecule has 1 fully saturated rings. The number of carbonyl (C=O) groups is 3. The Balaban J connectivity index is 1.64. The summed E-state index contributed by atoms with van der Waals surface area (Å²) in [5.74, 6) is -3.47. The van der Waals surface area contributed by atoms with Gasteiger partial charge >= 0.3 is 5.97 Å². The van der Waals surface area contributed by atoms with Gasteiger partial charge in [0, 0.05) is 18.0 Å². The molecule has 1 heterocycles. The van der Waals surface area contributed by atoms with Gasteiger partial charge in [-0.2, -0.15) is 0 Å². The minimum absolute atomic E-state index is 0.0797. The average molecular weight is 301 g/mol. The third-order valence-electron chi connectivity index (χ3n) is 4.29. The van der Waals surface area contributed by atoms with Crippen LogP contribution in [0.4, 0.5) is 0 Å². The van der Waals surface area contributed by atoms with Crippen molar-refractivity contribution < 1.29 is 19.5 Å². The molecule has 114 valence electrons. The van der Waals surface area contributed by atoms with Crippen LogP contribution >= 0.6 is 0 Å². The number of nitrogens with zero attached hydrogens (tertiary/aromatic N) is 1. The molecule has 2 aliphatic rings. The van der Waals surface area contributed by atoms with E-state index in [1.807, 2.05) is 12.2 Å². The van der Waals surface area contributed by atoms with Crippen molar-refractivity contribution in [3.8, 4) is 0 Å². The van der Waals surface area contributed by atoms with Crippen molar-refractivity contribution in [3.05, 3.63) is 42.2 Å². The number of aromatic nitrogens is 1. The predicted octanol–water partition coefficient (Wildman–Crippen LogP) is 0.365. The monoisotopic (exact) mass is 301 g/mol. The lowest BCUT2D eigenvalue weighted by atomic mass is 9.82. The second-order valence-electron chi connectivity index (χ2n) is 5.52. The number of hydrogen-bond acceptors (Lipinski definition) is 4. The van der Waals surface area contributed by atoms with E-state index < -0.39 is 29.6 Å². The molecule has 1 aromatic heterocycles. The van der Waals surface area contributed by atoms with Crippen LogP contribution in [0.1, 0.15) is 16.8 Å². The second kappa shape index (κ2) is 5.59. The van der Waals surface area contributed by atoms with Gasteiger partial charge < -0.3 is 5.11 Å². The van der Waals surface area contributed by atoms with E-state index in [2.05, 4.69) is 15.8 Å². The van der Waals surface area contributed by atoms with Crippen LogP contribution in [0.3, 0.4) is 0 Å². The van der Waals surface area contributed by atoms with Gasteiger partial charge in [0.05, 0.1) is 11.8 Å². The Kier molecular flexibility index (Phi) is 3.62. The first kappa shape index (κ1) is 14.2. The number of allylic oxidation sites excluding steroid dienone is 2. The molecule has 1 saturated carbocycles. The number of aliphatic carboxylic acids is 1. The first-order chi connectivity index (χ1) is 10.6. The molecule has 7 nitrogen and oxygen atoms in total. The molecule has 0 spiro atoms. The molecule has 3 rings (SSSR count). The van der Waals surface area contributed by atoms with Crippen LogP contribution in [0, 0.1) is 23.7 Å². The number of fused-ring (bicyclic) bond motifs is 2. The number of nitrogens with one attached hydrogen (secondary N) is 2. The van der Waals surface area contributed by atoms with Crippen molar-refractivity contribution in [2.75, 3.05) is 0 Å². The lowest BCUT2D eigenvalue weighted by Crippen LogP contribution is -2.48. The summed E-state index contributed by atoms with van der Waals surface area (Å²) in [7, 11) is 0. The van der Waals surface area contributed by atoms with E-state index >= 15 is 0 Å². The van der Waals surface area contributed by atoms with Crippen molar-refractivity contribution in [3.63, 3.8) is 0 Å². The molecule has 0 aliphatic heterocycles. The van der Waals surface area contributed by atoms with E-state index in [-0.39, 0.29) is 11.8 Å². The molecule has 2 bridgehead atoms. The summed E-state index contributed by atoms with van der Waals surface area (Å²) in [5, 5.41) is 9.30. The zero-order chi connectivity index (χ0) is 15.7. The van der Waals surface area contributed by atoms with Gasteiger partial charge in [-0.1, -0.05) is 12.2 Å². The smallest absolute Gasteiger partial charge is 0.307 e. The molecule has 2 aliphatic carbocycles. The number of rotatable bonds is 3. The van der Waals surface area contributed by atoms with Crippen LogP contribution in [-0.4, -0.2) is 27.9 Å². The molecule has 2 amide bonds. The van der Waals surface area contributed by atoms with E-state index in [4.69, 9.17) is 0 Å². The number of pyridine rings is 1. The maximum atomic E-state index is 12.3. The van der Waals surface area contributed by atoms with E-state index in [1.54, 1.807) is 0 Å². The summed E-state index contributed by atoms with van der Waals surface area (Å²) in [6.07, 6.45) is 7.37. The molecular weight excluding hydrogens is 286 g/mol. The van der Waals surface area contributed by atoms with Crippen LogP contribution in [0.5, 0.6) is 0 Å². The van der Waals surface area contributed by atoms with Crippen LogP contribution in [0.2, 0.25) is 0 Å². The van der Waals surface area contributed by atoms with Gasteiger partial charge in [0.2, 0.25) is 5.91 Å². The molecule has 1 aromatic rings. The normalized spacial score (nSPS) is 28.4. The van der Waals surface area contributed by atoms with E-state index in [0.717, 1.165) is 0 Å². The van der Waals surface area contributed by atoms with Crippen molar-refractivity contribution in [1.29, 1.82) is 0 Å². The van der Waals surface area contributed by atoms with E-state index in [0.29, 0.717) is 12.0 Å². The Morgan fingerprint density at radius 2 is 1.68 bits per heavy atom. The zero-order valence-electron chi connectivity index (χ0n) is 11.6. The lowest BCUT2D eigenvalue weighted by Gasteiger charge is -2.23. The highest BCUT2D eigenvalue weighted by molar-refractivity contribution is 5.96. The van der Waals surface area contributed by atoms with Crippen LogP contribution < -0.4 is 10.9 Å². The molecule has 0 saturated heterocycles. The molecule has 0 radical (unpaired) electrons. The quantitative estimate of drug-likeness (QED) is 0.552. The molecule has 0 unspecified atom stereocenters. The van der Waals surface area contributed by atoms with Crippen molar-refractivity contribution in [2.45, 2.75) is 6.42 Å². The molecule has 7 heteroatoms. The average Bonchev–Trinajstić information content (AvgIpc) is 3.14. The van der Waals surface area contributed by atoms with Gasteiger partial charge in [0.25, 0.3) is 5.91 Å². The van der Waals surface area contributed by atoms with E-state index in [1.165, 1.54) is 24.5 Å². The summed E-state index contributed by atoms with van der Waals surface area (Å²) in [4.78, 5) is 39.3. The fourth-order valence-electron chi connectivity index (χ4n) is 3.29. The zero-order valence-corrected chi connectivity index (χ0v) is 11.6. The standard InChI is InChI=1S/C15H15N3O4/c19-13(8-3-5-16-6-4-8)17-18-14(20)11-9-1-2-10(7-9)12(11)15(21)22/h1-6,9-12H,7H2,(H,17,19)(H,18,20)(H,21,22)/t9-,10+,11+,12+/m1/s1. The Labute approximate surface area is 126 Å². The van der Waals surface area contributed by atoms with Crippen molar-refractivity contribution >= 4 is 17.8 Å². The van der Waals surface area contributed by atoms with Crippen LogP contribution in [-0.2, 0) is 9.59 Å². The number of amides is 2. The van der Waals surface area contributed by atoms with E-state index in [9.17, 15) is 19.5 Å². The third-order valence-corrected chi connectivity index (χ3v) is 4.29. The molecular formula is C15H15N3O4. The summed E-state index contributed by atoms with van der Waals surface area (Å²) in [6.45, 7) is 0. The SMILES string of the molecule is O=C(NNC(=O)[C@@H]1[C@@H](C(=O)O)[C@H]2C=C[C@@H]1C2)c1ccncc1. The first-order valence-electron chi connectivity index (χ1n) is 6.99. The highest BCUT2D eigenvalue weighted by Gasteiger charge is 2.51. The van der Waals surface area contributed by atoms with Gasteiger partial charge in [0.1, 0.15) is 0 Å². The Morgan fingerprint density at radius 1 is 1.05 bits per heavy atom. The fraction of sp³-hybridized carbons (Fsp3) is 0.333. The Hall–Kier alpha value is -2.70. The van der Waals surface area contributed by atoms with Gasteiger partial charge in [-0.05, 0) is 30.4 Å². The fourth-order valence-corrected chi connectivity index (χ4v) is 3.29. The van der Waals surface area contributed by atoms with Gasteiger partial charge in [-0.15, -0.1) is 0 Å². The second-order valence-corrected chi connectivity index (χ2v) is 5.52. The summed E-state index contributed by atoms with van der Waals surface area (Å²) in [6, 6.07) is 3.03. The van der Waals surface area contributed by atoms with Crippen molar-refractivity contribution in [1.82, 2.24) is 15.8 Å². The van der Waals surface area contributed by atoms with Crippen molar-refractivity contribution in [2.24, 2.45) is 23.7 Å². The van der Waals surface area contributed by atoms with Crippen LogP contribution in [0.15, 0.2) is 36.7 Å². The highest BCUT2D eigenvalue weighted by Crippen LogP contribution is 2.48. The van der Waals surface area contributed by atoms with Gasteiger partial charge in [-0.25, -0.2) is 0 Å². The number of carboxylic acids is 1. The topological polar surface area (TPSA) is 108 Å². The minimum Gasteiger partial charge on any atom is -0.481 e. The van der Waals surface area contributed by atoms with Crippen LogP contribution in [0.25, 0.3) is 0 Å². The summed E-state index contributed by atoms with van der Waals surface area (Å²) in [5.41, 5.74) is 5.01. The predicted molar refractivity (Wildman–Crippen MR) is 75.2 cm³/mol. The Morgan fingerprint density at radius 3 is 2.32 bits per heavy atom. The first-order valence-corrected chi connectivity index (χ1v) is 6.99. The number of carbonyl (C=O) groups excluding carboxylic acids is 2. The largest absolute Gasteiger partial charge is 0.481 e. The highest BCUT2D eigenvalue weighted by atomic mass is 16.4. The Bertz CT molecular complexity index is 643. The number of hydrazine groups is 1. The minimum atomic E-state index is -0.975. The summed E-state index contributed by atoms with van der Waals surface area (Å²) < 4.78 is 0. The third kappa shape index (κ3) is 2.45.